The number of hydrogen-bond acceptors (Lipinski definition) is 4. The van der Waals surface area contributed by atoms with Gasteiger partial charge in [0.05, 0.1) is 14.2 Å². The van der Waals surface area contributed by atoms with Gasteiger partial charge in [-0.25, -0.2) is 0 Å². The van der Waals surface area contributed by atoms with E-state index >= 15 is 0 Å². The van der Waals surface area contributed by atoms with Crippen LogP contribution in [0.2, 0.25) is 0 Å². The van der Waals surface area contributed by atoms with Crippen LogP contribution in [0.1, 0.15) is 39.9 Å². The minimum atomic E-state index is 0.103. The molecule has 0 aliphatic carbocycles. The second-order valence-electron chi connectivity index (χ2n) is 8.17. The molecular formula is C26H27NO3. The highest BCUT2D eigenvalue weighted by atomic mass is 16.5. The van der Waals surface area contributed by atoms with E-state index in [-0.39, 0.29) is 11.8 Å². The van der Waals surface area contributed by atoms with Crippen LogP contribution in [0.15, 0.2) is 60.7 Å². The molecule has 0 spiro atoms. The van der Waals surface area contributed by atoms with Gasteiger partial charge in [-0.2, -0.15) is 0 Å². The first-order valence-electron chi connectivity index (χ1n) is 10.5. The minimum Gasteiger partial charge on any atom is -0.504 e. The fourth-order valence-electron chi connectivity index (χ4n) is 5.21. The molecule has 0 saturated heterocycles. The van der Waals surface area contributed by atoms with Crippen LogP contribution in [0.25, 0.3) is 0 Å². The molecule has 30 heavy (non-hydrogen) atoms. The molecular weight excluding hydrogens is 374 g/mol. The molecule has 0 radical (unpaired) electrons. The van der Waals surface area contributed by atoms with Gasteiger partial charge in [-0.1, -0.05) is 42.5 Å². The Morgan fingerprint density at radius 2 is 1.80 bits per heavy atom. The lowest BCUT2D eigenvalue weighted by molar-refractivity contribution is 0.104. The Morgan fingerprint density at radius 1 is 0.967 bits per heavy atom. The number of benzene rings is 3. The number of nitrogens with zero attached hydrogens (tertiary/aromatic N) is 1. The van der Waals surface area contributed by atoms with E-state index in [2.05, 4.69) is 53.4 Å². The maximum Gasteiger partial charge on any atom is 0.162 e. The van der Waals surface area contributed by atoms with Crippen molar-refractivity contribution in [1.29, 1.82) is 0 Å². The van der Waals surface area contributed by atoms with Gasteiger partial charge in [0.25, 0.3) is 0 Å². The summed E-state index contributed by atoms with van der Waals surface area (Å²) in [6.45, 7) is 0.957. The number of rotatable bonds is 4. The van der Waals surface area contributed by atoms with Crippen molar-refractivity contribution in [2.24, 2.45) is 0 Å². The summed E-state index contributed by atoms with van der Waals surface area (Å²) in [5.41, 5.74) is 6.25. The van der Waals surface area contributed by atoms with E-state index in [0.717, 1.165) is 37.1 Å². The summed E-state index contributed by atoms with van der Waals surface area (Å²) < 4.78 is 10.9. The first-order chi connectivity index (χ1) is 14.7. The summed E-state index contributed by atoms with van der Waals surface area (Å²) >= 11 is 0. The second kappa shape index (κ2) is 7.69. The highest BCUT2D eigenvalue weighted by molar-refractivity contribution is 5.54. The summed E-state index contributed by atoms with van der Waals surface area (Å²) in [6, 6.07) is 21.4. The molecule has 0 saturated carbocycles. The third kappa shape index (κ3) is 3.12. The van der Waals surface area contributed by atoms with Crippen molar-refractivity contribution in [3.8, 4) is 17.2 Å². The Hall–Kier alpha value is -2.98. The Labute approximate surface area is 177 Å². The van der Waals surface area contributed by atoms with Gasteiger partial charge in [-0.3, -0.25) is 4.90 Å². The van der Waals surface area contributed by atoms with E-state index in [0.29, 0.717) is 11.8 Å². The van der Waals surface area contributed by atoms with Gasteiger partial charge in [-0.05, 0) is 59.7 Å². The first-order valence-corrected chi connectivity index (χ1v) is 10.5. The predicted molar refractivity (Wildman–Crippen MR) is 117 cm³/mol. The zero-order valence-corrected chi connectivity index (χ0v) is 17.5. The van der Waals surface area contributed by atoms with Gasteiger partial charge >= 0.3 is 0 Å². The Bertz CT molecular complexity index is 1060. The second-order valence-corrected chi connectivity index (χ2v) is 8.17. The maximum atomic E-state index is 11.1. The van der Waals surface area contributed by atoms with Crippen LogP contribution in [-0.2, 0) is 19.3 Å². The Morgan fingerprint density at radius 3 is 2.57 bits per heavy atom. The highest BCUT2D eigenvalue weighted by Crippen LogP contribution is 2.50. The lowest BCUT2D eigenvalue weighted by Gasteiger charge is -2.47. The molecule has 0 bridgehead atoms. The summed E-state index contributed by atoms with van der Waals surface area (Å²) in [5.74, 6) is 1.75. The largest absolute Gasteiger partial charge is 0.504 e. The van der Waals surface area contributed by atoms with Crippen LogP contribution in [0.4, 0.5) is 0 Å². The molecule has 4 heteroatoms. The quantitative estimate of drug-likeness (QED) is 0.679. The molecule has 0 aromatic heterocycles. The third-order valence-electron chi connectivity index (χ3n) is 6.66. The molecule has 2 aliphatic heterocycles. The van der Waals surface area contributed by atoms with Gasteiger partial charge in [0.15, 0.2) is 11.5 Å². The summed E-state index contributed by atoms with van der Waals surface area (Å²) in [4.78, 5) is 2.57. The van der Waals surface area contributed by atoms with E-state index in [4.69, 9.17) is 9.47 Å². The lowest BCUT2D eigenvalue weighted by atomic mass is 9.78. The average molecular weight is 402 g/mol. The van der Waals surface area contributed by atoms with Crippen LogP contribution in [0.3, 0.4) is 0 Å². The molecule has 2 unspecified atom stereocenters. The predicted octanol–water partition coefficient (Wildman–Crippen LogP) is 4.85. The highest BCUT2D eigenvalue weighted by Gasteiger charge is 2.40. The third-order valence-corrected chi connectivity index (χ3v) is 6.66. The number of methoxy groups -OCH3 is 2. The van der Waals surface area contributed by atoms with E-state index in [9.17, 15) is 5.11 Å². The molecule has 2 atom stereocenters. The number of ether oxygens (including phenoxy) is 2. The van der Waals surface area contributed by atoms with E-state index in [1.165, 1.54) is 22.3 Å². The molecule has 0 amide bonds. The van der Waals surface area contributed by atoms with Crippen molar-refractivity contribution in [3.63, 3.8) is 0 Å². The topological polar surface area (TPSA) is 41.9 Å². The van der Waals surface area contributed by atoms with E-state index in [1.54, 1.807) is 14.2 Å². The SMILES string of the molecule is COc1ccc2c(c1)CCN1C2Cc2ccc(OC)c(O)c2C1Cc1ccccc1. The van der Waals surface area contributed by atoms with Crippen molar-refractivity contribution < 1.29 is 14.6 Å². The molecule has 1 N–H and O–H groups in total. The van der Waals surface area contributed by atoms with Crippen LogP contribution in [0.5, 0.6) is 17.2 Å². The molecule has 2 aliphatic rings. The Balaban J connectivity index is 1.62. The lowest BCUT2D eigenvalue weighted by Crippen LogP contribution is -2.43. The molecule has 3 aromatic rings. The smallest absolute Gasteiger partial charge is 0.162 e. The minimum absolute atomic E-state index is 0.103. The van der Waals surface area contributed by atoms with Crippen molar-refractivity contribution in [1.82, 2.24) is 4.90 Å². The number of fused-ring (bicyclic) bond motifs is 4. The van der Waals surface area contributed by atoms with Crippen LogP contribution >= 0.6 is 0 Å². The van der Waals surface area contributed by atoms with Crippen LogP contribution in [0, 0.1) is 0 Å². The maximum absolute atomic E-state index is 11.1. The monoisotopic (exact) mass is 401 g/mol. The summed E-state index contributed by atoms with van der Waals surface area (Å²) in [6.07, 6.45) is 2.72. The van der Waals surface area contributed by atoms with Gasteiger partial charge in [0.2, 0.25) is 0 Å². The van der Waals surface area contributed by atoms with Gasteiger partial charge < -0.3 is 14.6 Å². The zero-order chi connectivity index (χ0) is 20.7. The fraction of sp³-hybridized carbons (Fsp3) is 0.308. The van der Waals surface area contributed by atoms with Gasteiger partial charge in [-0.15, -0.1) is 0 Å². The van der Waals surface area contributed by atoms with E-state index < -0.39 is 0 Å². The van der Waals surface area contributed by atoms with E-state index in [1.807, 2.05) is 12.1 Å². The normalized spacial score (nSPS) is 20.1. The Kier molecular flexibility index (Phi) is 4.87. The molecule has 0 fully saturated rings. The van der Waals surface area contributed by atoms with Gasteiger partial charge in [0.1, 0.15) is 5.75 Å². The van der Waals surface area contributed by atoms with Crippen molar-refractivity contribution in [3.05, 3.63) is 88.5 Å². The number of phenols is 1. The van der Waals surface area contributed by atoms with Crippen molar-refractivity contribution in [2.45, 2.75) is 31.3 Å². The van der Waals surface area contributed by atoms with Crippen molar-refractivity contribution >= 4 is 0 Å². The van der Waals surface area contributed by atoms with Crippen molar-refractivity contribution in [2.75, 3.05) is 20.8 Å². The zero-order valence-electron chi connectivity index (χ0n) is 17.5. The first kappa shape index (κ1) is 19.0. The molecule has 5 rings (SSSR count). The number of aromatic hydroxyl groups is 1. The van der Waals surface area contributed by atoms with Crippen LogP contribution in [-0.4, -0.2) is 30.8 Å². The summed E-state index contributed by atoms with van der Waals surface area (Å²) in [7, 11) is 3.34. The molecule has 4 nitrogen and oxygen atoms in total. The molecule has 3 aromatic carbocycles. The standard InChI is InChI=1S/C26H27NO3/c1-29-20-9-10-21-18(15-20)12-13-27-22(21)16-19-8-11-24(30-2)26(28)25(19)23(27)14-17-6-4-3-5-7-17/h3-11,15,22-23,28H,12-14,16H2,1-2H3. The fourth-order valence-corrected chi connectivity index (χ4v) is 5.21. The van der Waals surface area contributed by atoms with Gasteiger partial charge in [0, 0.05) is 24.2 Å². The summed E-state index contributed by atoms with van der Waals surface area (Å²) in [5, 5.41) is 11.1. The molecule has 154 valence electrons. The van der Waals surface area contributed by atoms with Crippen LogP contribution < -0.4 is 9.47 Å². The average Bonchev–Trinajstić information content (AvgIpc) is 2.79. The number of hydrogen-bond donors (Lipinski definition) is 1. The molecule has 2 heterocycles. The number of phenolic OH excluding ortho intramolecular Hbond substituents is 1.